The summed E-state index contributed by atoms with van der Waals surface area (Å²) in [6, 6.07) is 19.3. The number of primary sulfonamides is 1. The molecule has 3 aromatic rings. The molecule has 6 heteroatoms. The lowest BCUT2D eigenvalue weighted by Gasteiger charge is -2.15. The number of hydrogen-bond donors (Lipinski definition) is 2. The average molecular weight is 354 g/mol. The lowest BCUT2D eigenvalue weighted by atomic mass is 10.1. The quantitative estimate of drug-likeness (QED) is 0.755. The molecule has 0 aliphatic carbocycles. The predicted octanol–water partition coefficient (Wildman–Crippen LogP) is 2.98. The number of nitrogens with one attached hydrogen (secondary N) is 1. The van der Waals surface area contributed by atoms with Crippen molar-refractivity contribution in [3.8, 4) is 0 Å². The van der Waals surface area contributed by atoms with Crippen molar-refractivity contribution >= 4 is 26.7 Å². The minimum absolute atomic E-state index is 0.0457. The van der Waals surface area contributed by atoms with E-state index in [0.717, 1.165) is 16.3 Å². The van der Waals surface area contributed by atoms with Crippen LogP contribution in [0.2, 0.25) is 0 Å². The van der Waals surface area contributed by atoms with Crippen molar-refractivity contribution in [1.82, 2.24) is 5.32 Å². The van der Waals surface area contributed by atoms with Gasteiger partial charge in [-0.1, -0.05) is 42.5 Å². The molecule has 0 aliphatic rings. The molecule has 128 valence electrons. The third kappa shape index (κ3) is 3.87. The molecule has 0 saturated carbocycles. The maximum Gasteiger partial charge on any atom is 0.251 e. The highest BCUT2D eigenvalue weighted by Gasteiger charge is 2.13. The standard InChI is InChI=1S/C19H18N2O3S/c1-13(14-8-10-18(11-9-14)25(20,23)24)21-19(22)17-7-6-15-4-2-3-5-16(15)12-17/h2-13H,1H3,(H,21,22)(H2,20,23,24)/t13-/m0/s1. The second-order valence-electron chi connectivity index (χ2n) is 5.87. The molecule has 0 fully saturated rings. The van der Waals surface area contributed by atoms with Gasteiger partial charge in [-0.3, -0.25) is 4.79 Å². The first-order valence-corrected chi connectivity index (χ1v) is 9.32. The molecule has 1 amide bonds. The molecule has 0 heterocycles. The molecule has 25 heavy (non-hydrogen) atoms. The van der Waals surface area contributed by atoms with Crippen LogP contribution in [0.4, 0.5) is 0 Å². The number of sulfonamides is 1. The van der Waals surface area contributed by atoms with E-state index >= 15 is 0 Å². The minimum Gasteiger partial charge on any atom is -0.346 e. The van der Waals surface area contributed by atoms with Gasteiger partial charge in [0.1, 0.15) is 0 Å². The van der Waals surface area contributed by atoms with Crippen LogP contribution in [0.25, 0.3) is 10.8 Å². The fourth-order valence-corrected chi connectivity index (χ4v) is 3.16. The number of rotatable bonds is 4. The van der Waals surface area contributed by atoms with Crippen molar-refractivity contribution in [2.45, 2.75) is 17.9 Å². The normalized spacial score (nSPS) is 12.7. The Morgan fingerprint density at radius 3 is 2.24 bits per heavy atom. The summed E-state index contributed by atoms with van der Waals surface area (Å²) < 4.78 is 22.6. The number of carbonyl (C=O) groups is 1. The number of nitrogens with two attached hydrogens (primary N) is 1. The van der Waals surface area contributed by atoms with E-state index in [1.165, 1.54) is 12.1 Å². The molecule has 0 radical (unpaired) electrons. The van der Waals surface area contributed by atoms with Crippen LogP contribution >= 0.6 is 0 Å². The van der Waals surface area contributed by atoms with Crippen LogP contribution in [0.1, 0.15) is 28.9 Å². The monoisotopic (exact) mass is 354 g/mol. The van der Waals surface area contributed by atoms with Crippen molar-refractivity contribution in [3.05, 3.63) is 77.9 Å². The maximum absolute atomic E-state index is 12.5. The summed E-state index contributed by atoms with van der Waals surface area (Å²) in [7, 11) is -3.72. The van der Waals surface area contributed by atoms with E-state index in [1.807, 2.05) is 43.3 Å². The number of fused-ring (bicyclic) bond motifs is 1. The Hall–Kier alpha value is -2.70. The highest BCUT2D eigenvalue weighted by Crippen LogP contribution is 2.18. The number of carbonyl (C=O) groups excluding carboxylic acids is 1. The van der Waals surface area contributed by atoms with Crippen LogP contribution in [-0.4, -0.2) is 14.3 Å². The molecule has 0 saturated heterocycles. The van der Waals surface area contributed by atoms with Gasteiger partial charge in [-0.25, -0.2) is 13.6 Å². The van der Waals surface area contributed by atoms with Gasteiger partial charge in [0.2, 0.25) is 10.0 Å². The van der Waals surface area contributed by atoms with Crippen LogP contribution in [0, 0.1) is 0 Å². The Morgan fingerprint density at radius 1 is 0.960 bits per heavy atom. The number of amides is 1. The van der Waals surface area contributed by atoms with Crippen molar-refractivity contribution in [3.63, 3.8) is 0 Å². The number of hydrogen-bond acceptors (Lipinski definition) is 3. The van der Waals surface area contributed by atoms with Crippen LogP contribution in [0.15, 0.2) is 71.6 Å². The van der Waals surface area contributed by atoms with E-state index in [9.17, 15) is 13.2 Å². The first-order valence-electron chi connectivity index (χ1n) is 7.77. The highest BCUT2D eigenvalue weighted by atomic mass is 32.2. The molecule has 1 atom stereocenters. The molecule has 0 aliphatic heterocycles. The minimum atomic E-state index is -3.72. The van der Waals surface area contributed by atoms with Gasteiger partial charge in [0, 0.05) is 5.56 Å². The summed E-state index contributed by atoms with van der Waals surface area (Å²) in [6.07, 6.45) is 0. The highest BCUT2D eigenvalue weighted by molar-refractivity contribution is 7.89. The Bertz CT molecular complexity index is 1030. The van der Waals surface area contributed by atoms with Crippen molar-refractivity contribution in [1.29, 1.82) is 0 Å². The Labute approximate surface area is 146 Å². The van der Waals surface area contributed by atoms with E-state index in [2.05, 4.69) is 5.32 Å². The molecule has 5 nitrogen and oxygen atoms in total. The molecular weight excluding hydrogens is 336 g/mol. The summed E-state index contributed by atoms with van der Waals surface area (Å²) in [6.45, 7) is 1.84. The Kier molecular flexibility index (Phi) is 4.57. The second kappa shape index (κ2) is 6.66. The van der Waals surface area contributed by atoms with E-state index < -0.39 is 10.0 Å². The Balaban J connectivity index is 1.77. The molecule has 3 aromatic carbocycles. The summed E-state index contributed by atoms with van der Waals surface area (Å²) in [4.78, 5) is 12.5. The lowest BCUT2D eigenvalue weighted by molar-refractivity contribution is 0.0940. The summed E-state index contributed by atoms with van der Waals surface area (Å²) in [5, 5.41) is 10.1. The molecule has 3 N–H and O–H groups in total. The van der Waals surface area contributed by atoms with Gasteiger partial charge in [-0.15, -0.1) is 0 Å². The molecule has 0 aromatic heterocycles. The third-order valence-electron chi connectivity index (χ3n) is 4.07. The summed E-state index contributed by atoms with van der Waals surface area (Å²) in [5.41, 5.74) is 1.37. The van der Waals surface area contributed by atoms with E-state index in [-0.39, 0.29) is 16.8 Å². The molecule has 0 unspecified atom stereocenters. The second-order valence-corrected chi connectivity index (χ2v) is 7.43. The van der Waals surface area contributed by atoms with Gasteiger partial charge in [-0.05, 0) is 47.5 Å². The van der Waals surface area contributed by atoms with Crippen molar-refractivity contribution < 1.29 is 13.2 Å². The summed E-state index contributed by atoms with van der Waals surface area (Å²) >= 11 is 0. The summed E-state index contributed by atoms with van der Waals surface area (Å²) in [5.74, 6) is -0.186. The molecule has 3 rings (SSSR count). The Morgan fingerprint density at radius 2 is 1.60 bits per heavy atom. The topological polar surface area (TPSA) is 89.3 Å². The van der Waals surface area contributed by atoms with Crippen LogP contribution in [0.5, 0.6) is 0 Å². The van der Waals surface area contributed by atoms with Crippen LogP contribution in [-0.2, 0) is 10.0 Å². The largest absolute Gasteiger partial charge is 0.346 e. The molecular formula is C19H18N2O3S. The fraction of sp³-hybridized carbons (Fsp3) is 0.105. The van der Waals surface area contributed by atoms with Gasteiger partial charge in [0.05, 0.1) is 10.9 Å². The fourth-order valence-electron chi connectivity index (χ4n) is 2.64. The van der Waals surface area contributed by atoms with Gasteiger partial charge in [0.15, 0.2) is 0 Å². The number of benzene rings is 3. The van der Waals surface area contributed by atoms with Gasteiger partial charge in [-0.2, -0.15) is 0 Å². The van der Waals surface area contributed by atoms with Gasteiger partial charge in [0.25, 0.3) is 5.91 Å². The molecule has 0 spiro atoms. The maximum atomic E-state index is 12.5. The van der Waals surface area contributed by atoms with Crippen molar-refractivity contribution in [2.24, 2.45) is 5.14 Å². The third-order valence-corrected chi connectivity index (χ3v) is 5.00. The van der Waals surface area contributed by atoms with E-state index in [4.69, 9.17) is 5.14 Å². The zero-order valence-electron chi connectivity index (χ0n) is 13.6. The molecule has 0 bridgehead atoms. The van der Waals surface area contributed by atoms with Crippen molar-refractivity contribution in [2.75, 3.05) is 0 Å². The predicted molar refractivity (Wildman–Crippen MR) is 97.6 cm³/mol. The van der Waals surface area contributed by atoms with Crippen LogP contribution < -0.4 is 10.5 Å². The first kappa shape index (κ1) is 17.1. The van der Waals surface area contributed by atoms with Gasteiger partial charge >= 0.3 is 0 Å². The zero-order chi connectivity index (χ0) is 18.0. The van der Waals surface area contributed by atoms with E-state index in [0.29, 0.717) is 5.56 Å². The van der Waals surface area contributed by atoms with Gasteiger partial charge < -0.3 is 5.32 Å². The average Bonchev–Trinajstić information content (AvgIpc) is 2.60. The van der Waals surface area contributed by atoms with Crippen LogP contribution in [0.3, 0.4) is 0 Å². The first-order chi connectivity index (χ1) is 11.8. The SMILES string of the molecule is C[C@H](NC(=O)c1ccc2ccccc2c1)c1ccc(S(N)(=O)=O)cc1. The lowest BCUT2D eigenvalue weighted by Crippen LogP contribution is -2.26. The van der Waals surface area contributed by atoms with E-state index in [1.54, 1.807) is 18.2 Å². The zero-order valence-corrected chi connectivity index (χ0v) is 14.5. The smallest absolute Gasteiger partial charge is 0.251 e.